The molecular formula is C21H21N3O3. The van der Waals surface area contributed by atoms with Crippen LogP contribution in [0.4, 0.5) is 0 Å². The van der Waals surface area contributed by atoms with Crippen molar-refractivity contribution in [1.82, 2.24) is 14.3 Å². The third kappa shape index (κ3) is 3.56. The van der Waals surface area contributed by atoms with Gasteiger partial charge in [0.2, 0.25) is 5.91 Å². The standard InChI is InChI=1S/C21H21N3O3/c1-15(16-7-3-2-4-8-16)24-12-17(11-20(24)25)21(26)27-14-18-13-23-10-6-5-9-19(23)22-18/h2-10,13,15,17H,11-12,14H2,1H3/t15-,17-/m0/s1. The number of carbonyl (C=O) groups is 2. The second kappa shape index (κ2) is 7.23. The van der Waals surface area contributed by atoms with Crippen molar-refractivity contribution < 1.29 is 14.3 Å². The molecule has 6 nitrogen and oxygen atoms in total. The number of nitrogens with zero attached hydrogens (tertiary/aromatic N) is 3. The molecule has 2 atom stereocenters. The summed E-state index contributed by atoms with van der Waals surface area (Å²) < 4.78 is 7.31. The molecule has 0 saturated carbocycles. The molecular weight excluding hydrogens is 342 g/mol. The lowest BCUT2D eigenvalue weighted by Gasteiger charge is -2.25. The number of likely N-dealkylation sites (tertiary alicyclic amines) is 1. The Morgan fingerprint density at radius 3 is 2.78 bits per heavy atom. The van der Waals surface area contributed by atoms with Crippen LogP contribution >= 0.6 is 0 Å². The summed E-state index contributed by atoms with van der Waals surface area (Å²) in [4.78, 5) is 31.0. The van der Waals surface area contributed by atoms with Gasteiger partial charge in [0.25, 0.3) is 0 Å². The van der Waals surface area contributed by atoms with Gasteiger partial charge >= 0.3 is 5.97 Å². The Labute approximate surface area is 157 Å². The van der Waals surface area contributed by atoms with Crippen LogP contribution in [-0.4, -0.2) is 32.7 Å². The van der Waals surface area contributed by atoms with Crippen molar-refractivity contribution in [2.75, 3.05) is 6.54 Å². The molecule has 1 aromatic carbocycles. The van der Waals surface area contributed by atoms with Crippen LogP contribution in [0.2, 0.25) is 0 Å². The number of hydrogen-bond acceptors (Lipinski definition) is 4. The van der Waals surface area contributed by atoms with Crippen molar-refractivity contribution >= 4 is 17.5 Å². The molecule has 1 aliphatic rings. The van der Waals surface area contributed by atoms with E-state index in [0.29, 0.717) is 12.2 Å². The van der Waals surface area contributed by atoms with E-state index < -0.39 is 5.92 Å². The maximum absolute atomic E-state index is 12.4. The summed E-state index contributed by atoms with van der Waals surface area (Å²) in [7, 11) is 0. The van der Waals surface area contributed by atoms with Crippen molar-refractivity contribution in [3.63, 3.8) is 0 Å². The van der Waals surface area contributed by atoms with Gasteiger partial charge in [0.1, 0.15) is 12.3 Å². The van der Waals surface area contributed by atoms with Gasteiger partial charge in [0.15, 0.2) is 0 Å². The molecule has 0 aliphatic carbocycles. The maximum atomic E-state index is 12.4. The molecule has 1 amide bonds. The van der Waals surface area contributed by atoms with Crippen molar-refractivity contribution in [1.29, 1.82) is 0 Å². The van der Waals surface area contributed by atoms with Crippen LogP contribution in [0.25, 0.3) is 5.65 Å². The van der Waals surface area contributed by atoms with Gasteiger partial charge in [-0.3, -0.25) is 9.59 Å². The van der Waals surface area contributed by atoms with E-state index in [0.717, 1.165) is 11.2 Å². The average molecular weight is 363 g/mol. The summed E-state index contributed by atoms with van der Waals surface area (Å²) in [5.74, 6) is -0.787. The fourth-order valence-electron chi connectivity index (χ4n) is 3.49. The second-order valence-electron chi connectivity index (χ2n) is 6.84. The molecule has 3 aromatic rings. The van der Waals surface area contributed by atoms with Gasteiger partial charge in [-0.25, -0.2) is 4.98 Å². The Hall–Kier alpha value is -3.15. The van der Waals surface area contributed by atoms with Gasteiger partial charge < -0.3 is 14.0 Å². The Morgan fingerprint density at radius 1 is 1.22 bits per heavy atom. The summed E-state index contributed by atoms with van der Waals surface area (Å²) in [6.07, 6.45) is 3.93. The van der Waals surface area contributed by atoms with Gasteiger partial charge in [-0.1, -0.05) is 36.4 Å². The highest BCUT2D eigenvalue weighted by Gasteiger charge is 2.37. The summed E-state index contributed by atoms with van der Waals surface area (Å²) in [5.41, 5.74) is 2.56. The zero-order valence-corrected chi connectivity index (χ0v) is 15.1. The molecule has 2 aromatic heterocycles. The largest absolute Gasteiger partial charge is 0.459 e. The van der Waals surface area contributed by atoms with E-state index in [1.807, 2.05) is 72.2 Å². The lowest BCUT2D eigenvalue weighted by Crippen LogP contribution is -2.29. The molecule has 0 bridgehead atoms. The van der Waals surface area contributed by atoms with Gasteiger partial charge in [-0.15, -0.1) is 0 Å². The Kier molecular flexibility index (Phi) is 4.62. The van der Waals surface area contributed by atoms with E-state index in [4.69, 9.17) is 4.74 Å². The monoisotopic (exact) mass is 363 g/mol. The Bertz CT molecular complexity index is 934. The van der Waals surface area contributed by atoms with Crippen LogP contribution in [0.1, 0.15) is 30.6 Å². The normalized spacial score (nSPS) is 18.0. The number of aromatic nitrogens is 2. The minimum absolute atomic E-state index is 0.0129. The lowest BCUT2D eigenvalue weighted by atomic mass is 10.1. The molecule has 0 N–H and O–H groups in total. The number of esters is 1. The van der Waals surface area contributed by atoms with E-state index in [2.05, 4.69) is 4.98 Å². The number of pyridine rings is 1. The first-order valence-corrected chi connectivity index (χ1v) is 9.05. The first-order valence-electron chi connectivity index (χ1n) is 9.05. The second-order valence-corrected chi connectivity index (χ2v) is 6.84. The van der Waals surface area contributed by atoms with E-state index in [9.17, 15) is 9.59 Å². The highest BCUT2D eigenvalue weighted by molar-refractivity contribution is 5.87. The van der Waals surface area contributed by atoms with Crippen LogP contribution in [0.15, 0.2) is 60.9 Å². The van der Waals surface area contributed by atoms with E-state index in [-0.39, 0.29) is 30.9 Å². The highest BCUT2D eigenvalue weighted by atomic mass is 16.5. The number of benzene rings is 1. The number of fused-ring (bicyclic) bond motifs is 1. The van der Waals surface area contributed by atoms with E-state index >= 15 is 0 Å². The molecule has 0 spiro atoms. The van der Waals surface area contributed by atoms with Gasteiger partial charge in [0.05, 0.1) is 17.7 Å². The summed E-state index contributed by atoms with van der Waals surface area (Å²) >= 11 is 0. The maximum Gasteiger partial charge on any atom is 0.311 e. The van der Waals surface area contributed by atoms with Crippen molar-refractivity contribution in [2.45, 2.75) is 26.0 Å². The lowest BCUT2D eigenvalue weighted by molar-refractivity contribution is -0.149. The first kappa shape index (κ1) is 17.3. The van der Waals surface area contributed by atoms with Crippen molar-refractivity contribution in [3.05, 3.63) is 72.2 Å². The zero-order valence-electron chi connectivity index (χ0n) is 15.1. The fraction of sp³-hybridized carbons (Fsp3) is 0.286. The molecule has 138 valence electrons. The number of carbonyl (C=O) groups excluding carboxylic acids is 2. The van der Waals surface area contributed by atoms with Gasteiger partial charge in [-0.2, -0.15) is 0 Å². The van der Waals surface area contributed by atoms with Gasteiger partial charge in [0, 0.05) is 25.4 Å². The predicted octanol–water partition coefficient (Wildman–Crippen LogP) is 2.99. The topological polar surface area (TPSA) is 63.9 Å². The van der Waals surface area contributed by atoms with Gasteiger partial charge in [-0.05, 0) is 24.6 Å². The molecule has 0 unspecified atom stereocenters. The third-order valence-electron chi connectivity index (χ3n) is 5.02. The van der Waals surface area contributed by atoms with Crippen molar-refractivity contribution in [2.24, 2.45) is 5.92 Å². The number of hydrogen-bond donors (Lipinski definition) is 0. The summed E-state index contributed by atoms with van der Waals surface area (Å²) in [6, 6.07) is 15.5. The van der Waals surface area contributed by atoms with Crippen LogP contribution in [0.3, 0.4) is 0 Å². The SMILES string of the molecule is C[C@@H](c1ccccc1)N1C[C@@H](C(=O)OCc2cn3ccccc3n2)CC1=O. The van der Waals surface area contributed by atoms with E-state index in [1.165, 1.54) is 0 Å². The highest BCUT2D eigenvalue weighted by Crippen LogP contribution is 2.29. The summed E-state index contributed by atoms with van der Waals surface area (Å²) in [6.45, 7) is 2.48. The van der Waals surface area contributed by atoms with E-state index in [1.54, 1.807) is 4.90 Å². The smallest absolute Gasteiger partial charge is 0.311 e. The first-order chi connectivity index (χ1) is 13.1. The molecule has 3 heterocycles. The predicted molar refractivity (Wildman–Crippen MR) is 99.7 cm³/mol. The molecule has 4 rings (SSSR count). The zero-order chi connectivity index (χ0) is 18.8. The molecule has 1 fully saturated rings. The molecule has 27 heavy (non-hydrogen) atoms. The third-order valence-corrected chi connectivity index (χ3v) is 5.02. The molecule has 1 aliphatic heterocycles. The quantitative estimate of drug-likeness (QED) is 0.654. The number of rotatable bonds is 5. The van der Waals surface area contributed by atoms with Crippen molar-refractivity contribution in [3.8, 4) is 0 Å². The minimum Gasteiger partial charge on any atom is -0.459 e. The molecule has 1 saturated heterocycles. The molecule has 6 heteroatoms. The average Bonchev–Trinajstić information content (AvgIpc) is 3.29. The number of imidazole rings is 1. The minimum atomic E-state index is -0.430. The fourth-order valence-corrected chi connectivity index (χ4v) is 3.49. The van der Waals surface area contributed by atoms with Crippen LogP contribution in [-0.2, 0) is 20.9 Å². The molecule has 0 radical (unpaired) electrons. The van der Waals surface area contributed by atoms with Crippen LogP contribution < -0.4 is 0 Å². The Balaban J connectivity index is 1.37. The van der Waals surface area contributed by atoms with Crippen LogP contribution in [0.5, 0.6) is 0 Å². The number of amides is 1. The number of ether oxygens (including phenoxy) is 1. The Morgan fingerprint density at radius 2 is 2.00 bits per heavy atom. The van der Waals surface area contributed by atoms with Crippen LogP contribution in [0, 0.1) is 5.92 Å². The summed E-state index contributed by atoms with van der Waals surface area (Å²) in [5, 5.41) is 0.